The number of phenols is 1. The lowest BCUT2D eigenvalue weighted by Gasteiger charge is -2.40. The first-order valence-corrected chi connectivity index (χ1v) is 12.3. The molecule has 1 saturated heterocycles. The molecule has 1 fully saturated rings. The molecule has 4 aromatic rings. The maximum atomic E-state index is 13.5. The Balaban J connectivity index is 1.52. The zero-order valence-electron chi connectivity index (χ0n) is 21.0. The summed E-state index contributed by atoms with van der Waals surface area (Å²) in [5.41, 5.74) is 1.20. The lowest BCUT2D eigenvalue weighted by Crippen LogP contribution is -2.55. The van der Waals surface area contributed by atoms with Crippen LogP contribution in [0.5, 0.6) is 5.75 Å². The van der Waals surface area contributed by atoms with Crippen molar-refractivity contribution in [3.05, 3.63) is 85.3 Å². The summed E-state index contributed by atoms with van der Waals surface area (Å²) in [6.45, 7) is 4.75. The van der Waals surface area contributed by atoms with Gasteiger partial charge in [0.15, 0.2) is 5.82 Å². The molecule has 3 heterocycles. The summed E-state index contributed by atoms with van der Waals surface area (Å²) in [4.78, 5) is 42.8. The van der Waals surface area contributed by atoms with E-state index in [-0.39, 0.29) is 29.8 Å². The number of carbonyl (C=O) groups excluding carboxylic acids is 2. The van der Waals surface area contributed by atoms with Crippen molar-refractivity contribution in [3.8, 4) is 23.2 Å². The molecule has 0 aliphatic carbocycles. The molecule has 2 N–H and O–H groups in total. The number of nitrogens with one attached hydrogen (secondary N) is 1. The fourth-order valence-corrected chi connectivity index (χ4v) is 4.67. The molecular weight excluding hydrogens is 494 g/mol. The van der Waals surface area contributed by atoms with E-state index in [1.54, 1.807) is 41.6 Å². The third kappa shape index (κ3) is 5.38. The Hall–Kier alpha value is -5.30. The second kappa shape index (κ2) is 11.0. The van der Waals surface area contributed by atoms with E-state index in [9.17, 15) is 20.0 Å². The lowest BCUT2D eigenvalue weighted by molar-refractivity contribution is -0.128. The van der Waals surface area contributed by atoms with E-state index < -0.39 is 5.91 Å². The van der Waals surface area contributed by atoms with Crippen molar-refractivity contribution in [2.24, 2.45) is 0 Å². The fraction of sp³-hybridized carbons (Fsp3) is 0.172. The van der Waals surface area contributed by atoms with Crippen LogP contribution in [-0.4, -0.2) is 62.4 Å². The summed E-state index contributed by atoms with van der Waals surface area (Å²) in [5, 5.41) is 24.0. The smallest absolute Gasteiger partial charge is 0.274 e. The van der Waals surface area contributed by atoms with Crippen molar-refractivity contribution in [2.45, 2.75) is 12.5 Å². The minimum atomic E-state index is -0.478. The first-order valence-electron chi connectivity index (χ1n) is 12.3. The number of benzene rings is 2. The van der Waals surface area contributed by atoms with E-state index in [0.29, 0.717) is 42.5 Å². The number of fused-ring (bicyclic) bond motifs is 1. The Morgan fingerprint density at radius 3 is 2.77 bits per heavy atom. The van der Waals surface area contributed by atoms with Gasteiger partial charge < -0.3 is 20.2 Å². The topological polar surface area (TPSA) is 135 Å². The van der Waals surface area contributed by atoms with Crippen LogP contribution >= 0.6 is 0 Å². The van der Waals surface area contributed by atoms with Gasteiger partial charge in [-0.05, 0) is 29.7 Å². The van der Waals surface area contributed by atoms with Crippen LogP contribution in [0.3, 0.4) is 0 Å². The minimum Gasteiger partial charge on any atom is -0.508 e. The van der Waals surface area contributed by atoms with Crippen LogP contribution in [-0.2, 0) is 4.79 Å². The monoisotopic (exact) mass is 519 g/mol. The summed E-state index contributed by atoms with van der Waals surface area (Å²) < 4.78 is 0. The van der Waals surface area contributed by atoms with Crippen LogP contribution in [0.1, 0.15) is 16.9 Å². The molecule has 0 spiro atoms. The highest BCUT2D eigenvalue weighted by atomic mass is 16.3. The van der Waals surface area contributed by atoms with Crippen LogP contribution < -0.4 is 10.2 Å². The van der Waals surface area contributed by atoms with E-state index in [2.05, 4.69) is 27.9 Å². The van der Waals surface area contributed by atoms with Gasteiger partial charge >= 0.3 is 0 Å². The van der Waals surface area contributed by atoms with Gasteiger partial charge in [0, 0.05) is 55.1 Å². The fourth-order valence-electron chi connectivity index (χ4n) is 4.67. The Labute approximate surface area is 224 Å². The normalized spacial score (nSPS) is 15.0. The van der Waals surface area contributed by atoms with Crippen LogP contribution in [0.15, 0.2) is 79.6 Å². The highest BCUT2D eigenvalue weighted by Gasteiger charge is 2.30. The molecule has 10 heteroatoms. The lowest BCUT2D eigenvalue weighted by atomic mass is 10.1. The van der Waals surface area contributed by atoms with Crippen LogP contribution in [0, 0.1) is 11.3 Å². The zero-order chi connectivity index (χ0) is 27.4. The van der Waals surface area contributed by atoms with Crippen molar-refractivity contribution in [1.29, 1.82) is 5.26 Å². The number of aromatic hydroxyl groups is 1. The van der Waals surface area contributed by atoms with Gasteiger partial charge in [0.2, 0.25) is 5.91 Å². The number of hydrogen-bond acceptors (Lipinski definition) is 8. The highest BCUT2D eigenvalue weighted by Crippen LogP contribution is 2.30. The third-order valence-electron chi connectivity index (χ3n) is 6.55. The molecule has 2 aromatic carbocycles. The van der Waals surface area contributed by atoms with E-state index in [4.69, 9.17) is 4.98 Å². The maximum Gasteiger partial charge on any atom is 0.274 e. The number of carbonyl (C=O) groups is 2. The summed E-state index contributed by atoms with van der Waals surface area (Å²) in [7, 11) is 0. The number of aromatic nitrogens is 3. The van der Waals surface area contributed by atoms with Crippen LogP contribution in [0.4, 0.5) is 11.5 Å². The molecular formula is C29H25N7O3. The zero-order valence-corrected chi connectivity index (χ0v) is 21.0. The number of phenolic OH excluding ortho intramolecular Hbond substituents is 1. The molecule has 39 heavy (non-hydrogen) atoms. The number of rotatable bonds is 6. The van der Waals surface area contributed by atoms with Gasteiger partial charge in [0.25, 0.3) is 5.91 Å². The van der Waals surface area contributed by atoms with Gasteiger partial charge in [-0.2, -0.15) is 5.26 Å². The van der Waals surface area contributed by atoms with Gasteiger partial charge in [-0.3, -0.25) is 14.6 Å². The highest BCUT2D eigenvalue weighted by molar-refractivity contribution is 6.09. The molecule has 1 aliphatic rings. The van der Waals surface area contributed by atoms with Crippen molar-refractivity contribution in [2.75, 3.05) is 29.9 Å². The van der Waals surface area contributed by atoms with Crippen LogP contribution in [0.2, 0.25) is 0 Å². The quantitative estimate of drug-likeness (QED) is 0.368. The van der Waals surface area contributed by atoms with E-state index >= 15 is 0 Å². The number of amides is 2. The summed E-state index contributed by atoms with van der Waals surface area (Å²) in [5.74, 6) is 0.121. The Bertz CT molecular complexity index is 1600. The summed E-state index contributed by atoms with van der Waals surface area (Å²) in [6.07, 6.45) is 4.65. The van der Waals surface area contributed by atoms with Crippen LogP contribution in [0.25, 0.3) is 22.2 Å². The predicted molar refractivity (Wildman–Crippen MR) is 147 cm³/mol. The molecule has 1 aliphatic heterocycles. The number of pyridine rings is 1. The van der Waals surface area contributed by atoms with Gasteiger partial charge in [-0.15, -0.1) is 0 Å². The third-order valence-corrected chi connectivity index (χ3v) is 6.55. The number of anilines is 2. The SMILES string of the molecule is C=CC(=O)N1CCN(c2cc(C(=O)Nc3cc(O)cc4ccccc34)nc(-c3cccnc3)n2)C[C@@H]1CC#N. The van der Waals surface area contributed by atoms with Gasteiger partial charge in [-0.1, -0.05) is 30.8 Å². The second-order valence-electron chi connectivity index (χ2n) is 9.04. The minimum absolute atomic E-state index is 0.0268. The molecule has 2 aromatic heterocycles. The molecule has 0 unspecified atom stereocenters. The molecule has 194 valence electrons. The van der Waals surface area contributed by atoms with Crippen molar-refractivity contribution in [3.63, 3.8) is 0 Å². The van der Waals surface area contributed by atoms with Gasteiger partial charge in [-0.25, -0.2) is 9.97 Å². The number of nitrogens with zero attached hydrogens (tertiary/aromatic N) is 6. The average molecular weight is 520 g/mol. The maximum absolute atomic E-state index is 13.5. The molecule has 0 saturated carbocycles. The summed E-state index contributed by atoms with van der Waals surface area (Å²) in [6, 6.07) is 17.5. The predicted octanol–water partition coefficient (Wildman–Crippen LogP) is 3.77. The molecule has 1 atom stereocenters. The number of hydrogen-bond donors (Lipinski definition) is 2. The first-order chi connectivity index (χ1) is 19.0. The van der Waals surface area contributed by atoms with Crippen molar-refractivity contribution in [1.82, 2.24) is 19.9 Å². The Kier molecular flexibility index (Phi) is 7.14. The molecule has 10 nitrogen and oxygen atoms in total. The average Bonchev–Trinajstić information content (AvgIpc) is 2.97. The molecule has 0 bridgehead atoms. The second-order valence-corrected chi connectivity index (χ2v) is 9.04. The van der Waals surface area contributed by atoms with E-state index in [1.807, 2.05) is 29.2 Å². The summed E-state index contributed by atoms with van der Waals surface area (Å²) >= 11 is 0. The Morgan fingerprint density at radius 1 is 1.15 bits per heavy atom. The van der Waals surface area contributed by atoms with Gasteiger partial charge in [0.05, 0.1) is 24.2 Å². The Morgan fingerprint density at radius 2 is 2.00 bits per heavy atom. The van der Waals surface area contributed by atoms with Gasteiger partial charge in [0.1, 0.15) is 17.3 Å². The van der Waals surface area contributed by atoms with E-state index in [0.717, 1.165) is 10.8 Å². The first kappa shape index (κ1) is 25.4. The molecule has 5 rings (SSSR count). The standard InChI is InChI=1S/C29H25N7O3/c1-2-27(38)36-13-12-35(18-21(36)9-10-30)26-16-25(32-28(34-26)20-7-5-11-31-17-20)29(39)33-24-15-22(37)14-19-6-3-4-8-23(19)24/h2-8,11,14-17,21,37H,1,9,12-13,18H2,(H,33,39)/t21-/m0/s1. The number of nitriles is 1. The van der Waals surface area contributed by atoms with Crippen molar-refractivity contribution >= 4 is 34.1 Å². The van der Waals surface area contributed by atoms with E-state index in [1.165, 1.54) is 12.1 Å². The number of piperazine rings is 1. The molecule has 0 radical (unpaired) electrons. The van der Waals surface area contributed by atoms with Crippen molar-refractivity contribution < 1.29 is 14.7 Å². The largest absolute Gasteiger partial charge is 0.508 e. The molecule has 2 amide bonds.